The molecule has 0 amide bonds. The summed E-state index contributed by atoms with van der Waals surface area (Å²) in [6, 6.07) is 0. The van der Waals surface area contributed by atoms with Gasteiger partial charge in [0.15, 0.2) is 8.32 Å². The first-order valence-electron chi connectivity index (χ1n) is 5.75. The number of rotatable bonds is 6. The molecule has 0 saturated carbocycles. The molecule has 0 rings (SSSR count). The summed E-state index contributed by atoms with van der Waals surface area (Å²) in [5, 5.41) is 0.274. The van der Waals surface area contributed by atoms with Gasteiger partial charge in [0.05, 0.1) is 6.61 Å². The van der Waals surface area contributed by atoms with Crippen LogP contribution < -0.4 is 0 Å². The van der Waals surface area contributed by atoms with Crippen molar-refractivity contribution < 1.29 is 4.43 Å². The maximum absolute atomic E-state index is 6.08. The van der Waals surface area contributed by atoms with Crippen LogP contribution in [0.1, 0.15) is 33.6 Å². The van der Waals surface area contributed by atoms with Gasteiger partial charge in [-0.05, 0) is 31.0 Å². The van der Waals surface area contributed by atoms with Crippen LogP contribution in [0.25, 0.3) is 0 Å². The van der Waals surface area contributed by atoms with Crippen LogP contribution in [-0.4, -0.2) is 20.8 Å². The van der Waals surface area contributed by atoms with E-state index in [2.05, 4.69) is 55.9 Å². The van der Waals surface area contributed by atoms with Crippen LogP contribution in [0.4, 0.5) is 0 Å². The third-order valence-corrected chi connectivity index (χ3v) is 8.38. The zero-order valence-corrected chi connectivity index (χ0v) is 14.4. The maximum atomic E-state index is 6.08. The van der Waals surface area contributed by atoms with Gasteiger partial charge in [0.1, 0.15) is 0 Å². The first-order valence-corrected chi connectivity index (χ1v) is 9.99. The molecular formula is C12H24BrClOSi. The van der Waals surface area contributed by atoms with Crippen molar-refractivity contribution >= 4 is 35.8 Å². The Morgan fingerprint density at radius 2 is 1.94 bits per heavy atom. The largest absolute Gasteiger partial charge is 0.412 e. The van der Waals surface area contributed by atoms with Gasteiger partial charge in [-0.2, -0.15) is 0 Å². The van der Waals surface area contributed by atoms with Crippen LogP contribution in [0.15, 0.2) is 10.6 Å². The summed E-state index contributed by atoms with van der Waals surface area (Å²) in [5.74, 6) is 0.722. The molecule has 0 bridgehead atoms. The summed E-state index contributed by atoms with van der Waals surface area (Å²) in [6.45, 7) is 12.0. The summed E-state index contributed by atoms with van der Waals surface area (Å²) in [4.78, 5) is 0. The van der Waals surface area contributed by atoms with Gasteiger partial charge in [-0.3, -0.25) is 0 Å². The number of halogens is 2. The molecule has 0 aromatic heterocycles. The second kappa shape index (κ2) is 7.19. The summed E-state index contributed by atoms with van der Waals surface area (Å²) in [7, 11) is -1.61. The Kier molecular flexibility index (Phi) is 7.50. The summed E-state index contributed by atoms with van der Waals surface area (Å²) in [5.41, 5.74) is 0. The smallest absolute Gasteiger partial charge is 0.192 e. The Morgan fingerprint density at radius 1 is 1.38 bits per heavy atom. The second-order valence-corrected chi connectivity index (χ2v) is 11.7. The Balaban J connectivity index is 4.09. The highest BCUT2D eigenvalue weighted by atomic mass is 79.9. The molecular weight excluding hydrogens is 304 g/mol. The van der Waals surface area contributed by atoms with Crippen LogP contribution in [0.2, 0.25) is 18.1 Å². The van der Waals surface area contributed by atoms with Gasteiger partial charge in [-0.15, -0.1) is 11.6 Å². The highest BCUT2D eigenvalue weighted by molar-refractivity contribution is 9.11. The molecule has 0 heterocycles. The lowest BCUT2D eigenvalue weighted by Crippen LogP contribution is -2.41. The molecule has 0 fully saturated rings. The van der Waals surface area contributed by atoms with E-state index in [1.54, 1.807) is 0 Å². The Labute approximate surface area is 115 Å². The van der Waals surface area contributed by atoms with E-state index in [9.17, 15) is 0 Å². The van der Waals surface area contributed by atoms with E-state index in [0.717, 1.165) is 23.2 Å². The van der Waals surface area contributed by atoms with E-state index in [4.69, 9.17) is 16.0 Å². The van der Waals surface area contributed by atoms with Crippen molar-refractivity contribution in [2.75, 3.05) is 12.5 Å². The highest BCUT2D eigenvalue weighted by Gasteiger charge is 2.36. The van der Waals surface area contributed by atoms with Crippen LogP contribution in [0.3, 0.4) is 0 Å². The van der Waals surface area contributed by atoms with Gasteiger partial charge in [0.2, 0.25) is 0 Å². The molecule has 0 aliphatic carbocycles. The molecule has 0 radical (unpaired) electrons. The first-order chi connectivity index (χ1) is 7.20. The lowest BCUT2D eigenvalue weighted by molar-refractivity contribution is 0.325. The minimum absolute atomic E-state index is 0.274. The molecule has 4 heteroatoms. The van der Waals surface area contributed by atoms with E-state index in [-0.39, 0.29) is 5.04 Å². The molecule has 0 N–H and O–H groups in total. The number of hydrogen-bond acceptors (Lipinski definition) is 1. The van der Waals surface area contributed by atoms with Crippen molar-refractivity contribution in [3.8, 4) is 0 Å². The first kappa shape index (κ1) is 16.7. The molecule has 0 spiro atoms. The molecule has 0 unspecified atom stereocenters. The third kappa shape index (κ3) is 6.43. The molecule has 0 aliphatic rings. The van der Waals surface area contributed by atoms with Gasteiger partial charge in [0.25, 0.3) is 0 Å². The molecule has 1 nitrogen and oxygen atoms in total. The second-order valence-electron chi connectivity index (χ2n) is 5.53. The van der Waals surface area contributed by atoms with Gasteiger partial charge in [0, 0.05) is 10.4 Å². The Hall–Kier alpha value is 0.687. The maximum Gasteiger partial charge on any atom is 0.192 e. The van der Waals surface area contributed by atoms with Crippen molar-refractivity contribution in [1.29, 1.82) is 0 Å². The SMILES string of the molecule is CC(C)(C)[Si](C)(C)OC/C(Br)=C\CCCCl. The van der Waals surface area contributed by atoms with Crippen LogP contribution in [0, 0.1) is 0 Å². The normalized spacial score (nSPS) is 14.3. The zero-order valence-electron chi connectivity index (χ0n) is 11.1. The van der Waals surface area contributed by atoms with Gasteiger partial charge >= 0.3 is 0 Å². The lowest BCUT2D eigenvalue weighted by Gasteiger charge is -2.36. The molecule has 0 aliphatic heterocycles. The third-order valence-electron chi connectivity index (χ3n) is 3.08. The number of allylic oxidation sites excluding steroid dienone is 1. The highest BCUT2D eigenvalue weighted by Crippen LogP contribution is 2.36. The van der Waals surface area contributed by atoms with Crippen molar-refractivity contribution in [3.63, 3.8) is 0 Å². The average molecular weight is 328 g/mol. The number of hydrogen-bond donors (Lipinski definition) is 0. The Bertz CT molecular complexity index is 234. The van der Waals surface area contributed by atoms with Crippen LogP contribution in [0.5, 0.6) is 0 Å². The fourth-order valence-corrected chi connectivity index (χ4v) is 2.52. The molecule has 0 aromatic rings. The van der Waals surface area contributed by atoms with Gasteiger partial charge in [-0.1, -0.05) is 42.8 Å². The molecule has 0 saturated heterocycles. The standard InChI is InChI=1S/C12H24BrClOSi/c1-12(2,3)16(4,5)15-10-11(13)8-6-7-9-14/h8H,6-7,9-10H2,1-5H3/b11-8+. The summed E-state index contributed by atoms with van der Waals surface area (Å²) < 4.78 is 7.22. The Morgan fingerprint density at radius 3 is 2.38 bits per heavy atom. The van der Waals surface area contributed by atoms with Crippen molar-refractivity contribution in [3.05, 3.63) is 10.6 Å². The average Bonchev–Trinajstić information content (AvgIpc) is 2.13. The van der Waals surface area contributed by atoms with Gasteiger partial charge in [-0.25, -0.2) is 0 Å². The predicted octanol–water partition coefficient (Wildman–Crippen LogP) is 5.31. The summed E-state index contributed by atoms with van der Waals surface area (Å²) in [6.07, 6.45) is 4.21. The van der Waals surface area contributed by atoms with Crippen molar-refractivity contribution in [2.45, 2.75) is 51.7 Å². The minimum Gasteiger partial charge on any atom is -0.412 e. The lowest BCUT2D eigenvalue weighted by atomic mass is 10.2. The van der Waals surface area contributed by atoms with E-state index < -0.39 is 8.32 Å². The predicted molar refractivity (Wildman–Crippen MR) is 80.1 cm³/mol. The summed E-state index contributed by atoms with van der Waals surface area (Å²) >= 11 is 9.17. The van der Waals surface area contributed by atoms with E-state index >= 15 is 0 Å². The number of alkyl halides is 1. The monoisotopic (exact) mass is 326 g/mol. The van der Waals surface area contributed by atoms with E-state index in [0.29, 0.717) is 6.61 Å². The van der Waals surface area contributed by atoms with Crippen molar-refractivity contribution in [2.24, 2.45) is 0 Å². The molecule has 0 aromatic carbocycles. The van der Waals surface area contributed by atoms with Crippen LogP contribution >= 0.6 is 27.5 Å². The molecule has 96 valence electrons. The topological polar surface area (TPSA) is 9.23 Å². The van der Waals surface area contributed by atoms with Crippen LogP contribution in [-0.2, 0) is 4.43 Å². The fraction of sp³-hybridized carbons (Fsp3) is 0.833. The molecule has 16 heavy (non-hydrogen) atoms. The van der Waals surface area contributed by atoms with Crippen molar-refractivity contribution in [1.82, 2.24) is 0 Å². The zero-order chi connectivity index (χ0) is 12.8. The van der Waals surface area contributed by atoms with E-state index in [1.165, 1.54) is 0 Å². The van der Waals surface area contributed by atoms with E-state index in [1.807, 2.05) is 0 Å². The quantitative estimate of drug-likeness (QED) is 0.365. The minimum atomic E-state index is -1.61. The fourth-order valence-electron chi connectivity index (χ4n) is 0.861. The number of unbranched alkanes of at least 4 members (excludes halogenated alkanes) is 1. The van der Waals surface area contributed by atoms with Gasteiger partial charge < -0.3 is 4.43 Å². The molecule has 0 atom stereocenters.